The van der Waals surface area contributed by atoms with Crippen LogP contribution in [-0.2, 0) is 16.6 Å². The maximum absolute atomic E-state index is 13.2. The fourth-order valence-electron chi connectivity index (χ4n) is 1.33. The van der Waals surface area contributed by atoms with Gasteiger partial charge in [-0.3, -0.25) is 0 Å². The molecule has 7 nitrogen and oxygen atoms in total. The van der Waals surface area contributed by atoms with E-state index in [-0.39, 0.29) is 30.1 Å². The van der Waals surface area contributed by atoms with Gasteiger partial charge < -0.3 is 16.8 Å². The Morgan fingerprint density at radius 1 is 1.32 bits per heavy atom. The third-order valence-electron chi connectivity index (χ3n) is 2.26. The average molecular weight is 290 g/mol. The van der Waals surface area contributed by atoms with Crippen LogP contribution in [0.25, 0.3) is 0 Å². The zero-order chi connectivity index (χ0) is 14.5. The highest BCUT2D eigenvalue weighted by molar-refractivity contribution is 7.89. The van der Waals surface area contributed by atoms with E-state index < -0.39 is 21.9 Å². The molecule has 0 atom stereocenters. The van der Waals surface area contributed by atoms with Crippen molar-refractivity contribution in [2.45, 2.75) is 11.4 Å². The molecule has 0 saturated heterocycles. The van der Waals surface area contributed by atoms with Crippen LogP contribution >= 0.6 is 0 Å². The average Bonchev–Trinajstić information content (AvgIpc) is 2.35. The molecule has 0 fully saturated rings. The molecule has 1 aromatic carbocycles. The summed E-state index contributed by atoms with van der Waals surface area (Å²) >= 11 is 0. The van der Waals surface area contributed by atoms with Gasteiger partial charge in [0.2, 0.25) is 10.0 Å². The number of rotatable bonds is 6. The molecule has 0 saturated carbocycles. The molecule has 0 unspecified atom stereocenters. The predicted molar refractivity (Wildman–Crippen MR) is 67.1 cm³/mol. The summed E-state index contributed by atoms with van der Waals surface area (Å²) in [6.07, 6.45) is 0. The van der Waals surface area contributed by atoms with Crippen LogP contribution in [0.15, 0.2) is 23.1 Å². The largest absolute Gasteiger partial charge is 0.352 e. The normalized spacial score (nSPS) is 11.3. The van der Waals surface area contributed by atoms with Crippen molar-refractivity contribution >= 4 is 16.1 Å². The van der Waals surface area contributed by atoms with Gasteiger partial charge >= 0.3 is 6.03 Å². The number of sulfonamides is 1. The summed E-state index contributed by atoms with van der Waals surface area (Å²) in [5, 5.41) is 2.23. The second-order valence-electron chi connectivity index (χ2n) is 3.65. The van der Waals surface area contributed by atoms with E-state index in [0.717, 1.165) is 12.1 Å². The van der Waals surface area contributed by atoms with E-state index in [1.165, 1.54) is 6.07 Å². The highest BCUT2D eigenvalue weighted by atomic mass is 32.2. The first-order chi connectivity index (χ1) is 8.86. The van der Waals surface area contributed by atoms with Crippen LogP contribution < -0.4 is 21.5 Å². The number of carbonyl (C=O) groups excluding carboxylic acids is 1. The summed E-state index contributed by atoms with van der Waals surface area (Å²) in [6.45, 7) is -0.0709. The monoisotopic (exact) mass is 290 g/mol. The lowest BCUT2D eigenvalue weighted by Gasteiger charge is -2.08. The molecule has 9 heteroatoms. The molecular formula is C10H15FN4O3S. The number of urea groups is 1. The van der Waals surface area contributed by atoms with Gasteiger partial charge in [-0.2, -0.15) is 0 Å². The van der Waals surface area contributed by atoms with Crippen molar-refractivity contribution in [2.75, 3.05) is 13.1 Å². The van der Waals surface area contributed by atoms with E-state index >= 15 is 0 Å². The number of amides is 2. The molecular weight excluding hydrogens is 275 g/mol. The van der Waals surface area contributed by atoms with Crippen LogP contribution in [0.2, 0.25) is 0 Å². The summed E-state index contributed by atoms with van der Waals surface area (Å²) in [4.78, 5) is 10.3. The summed E-state index contributed by atoms with van der Waals surface area (Å²) in [5.74, 6) is -0.558. The van der Waals surface area contributed by atoms with Crippen LogP contribution in [-0.4, -0.2) is 27.5 Å². The van der Waals surface area contributed by atoms with Gasteiger partial charge in [-0.15, -0.1) is 0 Å². The molecule has 106 valence electrons. The molecule has 19 heavy (non-hydrogen) atoms. The Kier molecular flexibility index (Phi) is 5.21. The van der Waals surface area contributed by atoms with Gasteiger partial charge in [-0.25, -0.2) is 22.3 Å². The fraction of sp³-hybridized carbons (Fsp3) is 0.300. The van der Waals surface area contributed by atoms with Crippen LogP contribution in [0.4, 0.5) is 9.18 Å². The lowest BCUT2D eigenvalue weighted by atomic mass is 10.2. The summed E-state index contributed by atoms with van der Waals surface area (Å²) in [6, 6.07) is 2.60. The molecule has 0 aliphatic rings. The zero-order valence-electron chi connectivity index (χ0n) is 10.0. The molecule has 0 aromatic heterocycles. The lowest BCUT2D eigenvalue weighted by molar-refractivity contribution is 0.249. The Hall–Kier alpha value is -1.71. The van der Waals surface area contributed by atoms with Gasteiger partial charge in [0.25, 0.3) is 0 Å². The number of primary amides is 1. The van der Waals surface area contributed by atoms with Crippen molar-refractivity contribution in [2.24, 2.45) is 11.5 Å². The quantitative estimate of drug-likeness (QED) is 0.513. The Bertz CT molecular complexity index is 562. The maximum Gasteiger partial charge on any atom is 0.312 e. The highest BCUT2D eigenvalue weighted by Crippen LogP contribution is 2.14. The first-order valence-corrected chi connectivity index (χ1v) is 6.86. The molecule has 0 heterocycles. The molecule has 0 radical (unpaired) electrons. The number of benzene rings is 1. The molecule has 1 rings (SSSR count). The fourth-order valence-corrected chi connectivity index (χ4v) is 2.41. The zero-order valence-corrected chi connectivity index (χ0v) is 10.8. The predicted octanol–water partition coefficient (Wildman–Crippen LogP) is -0.769. The summed E-state index contributed by atoms with van der Waals surface area (Å²) in [5.41, 5.74) is 10.2. The minimum absolute atomic E-state index is 0.0272. The van der Waals surface area contributed by atoms with Crippen LogP contribution in [0.1, 0.15) is 5.56 Å². The first kappa shape index (κ1) is 15.3. The van der Waals surface area contributed by atoms with Crippen molar-refractivity contribution in [3.63, 3.8) is 0 Å². The van der Waals surface area contributed by atoms with Gasteiger partial charge in [0, 0.05) is 25.2 Å². The van der Waals surface area contributed by atoms with Gasteiger partial charge in [-0.1, -0.05) is 0 Å². The van der Waals surface area contributed by atoms with Crippen LogP contribution in [0, 0.1) is 5.82 Å². The van der Waals surface area contributed by atoms with E-state index in [0.29, 0.717) is 0 Å². The van der Waals surface area contributed by atoms with Gasteiger partial charge in [0.15, 0.2) is 0 Å². The number of carbonyl (C=O) groups is 1. The molecule has 1 aromatic rings. The number of nitrogens with one attached hydrogen (secondary N) is 2. The van der Waals surface area contributed by atoms with Crippen LogP contribution in [0.5, 0.6) is 0 Å². The Morgan fingerprint density at radius 2 is 2.00 bits per heavy atom. The number of nitrogens with two attached hydrogens (primary N) is 2. The first-order valence-electron chi connectivity index (χ1n) is 5.38. The van der Waals surface area contributed by atoms with Crippen molar-refractivity contribution in [3.8, 4) is 0 Å². The van der Waals surface area contributed by atoms with Crippen molar-refractivity contribution in [1.82, 2.24) is 10.0 Å². The SMILES string of the molecule is NCc1cc(S(=O)(=O)NCCNC(N)=O)ccc1F. The minimum Gasteiger partial charge on any atom is -0.352 e. The third kappa shape index (κ3) is 4.47. The minimum atomic E-state index is -3.77. The van der Waals surface area contributed by atoms with Crippen molar-refractivity contribution < 1.29 is 17.6 Å². The molecule has 0 aliphatic heterocycles. The molecule has 0 bridgehead atoms. The van der Waals surface area contributed by atoms with E-state index in [2.05, 4.69) is 10.0 Å². The van der Waals surface area contributed by atoms with Gasteiger partial charge in [-0.05, 0) is 18.2 Å². The third-order valence-corrected chi connectivity index (χ3v) is 3.72. The lowest BCUT2D eigenvalue weighted by Crippen LogP contribution is -2.37. The Labute approximate surface area is 110 Å². The standard InChI is InChI=1S/C10H15FN4O3S/c11-9-2-1-8(5-7(9)6-12)19(17,18)15-4-3-14-10(13)16/h1-2,5,15H,3-4,6,12H2,(H3,13,14,16). The highest BCUT2D eigenvalue weighted by Gasteiger charge is 2.15. The van der Waals surface area contributed by atoms with Crippen LogP contribution in [0.3, 0.4) is 0 Å². The topological polar surface area (TPSA) is 127 Å². The number of hydrogen-bond donors (Lipinski definition) is 4. The van der Waals surface area contributed by atoms with Crippen molar-refractivity contribution in [1.29, 1.82) is 0 Å². The van der Waals surface area contributed by atoms with Gasteiger partial charge in [0.1, 0.15) is 5.82 Å². The molecule has 2 amide bonds. The van der Waals surface area contributed by atoms with E-state index in [9.17, 15) is 17.6 Å². The second-order valence-corrected chi connectivity index (χ2v) is 5.41. The number of halogens is 1. The molecule has 0 spiro atoms. The summed E-state index contributed by atoms with van der Waals surface area (Å²) in [7, 11) is -3.77. The second kappa shape index (κ2) is 6.45. The summed E-state index contributed by atoms with van der Waals surface area (Å²) < 4.78 is 39.1. The molecule has 6 N–H and O–H groups in total. The van der Waals surface area contributed by atoms with E-state index in [1.54, 1.807) is 0 Å². The maximum atomic E-state index is 13.2. The van der Waals surface area contributed by atoms with Crippen molar-refractivity contribution in [3.05, 3.63) is 29.6 Å². The molecule has 0 aliphatic carbocycles. The van der Waals surface area contributed by atoms with E-state index in [4.69, 9.17) is 11.5 Å². The van der Waals surface area contributed by atoms with Gasteiger partial charge in [0.05, 0.1) is 4.90 Å². The number of hydrogen-bond acceptors (Lipinski definition) is 4. The van der Waals surface area contributed by atoms with E-state index in [1.807, 2.05) is 0 Å². The smallest absolute Gasteiger partial charge is 0.312 e. The Morgan fingerprint density at radius 3 is 2.58 bits per heavy atom. The Balaban J connectivity index is 2.74.